The van der Waals surface area contributed by atoms with Gasteiger partial charge in [-0.15, -0.1) is 0 Å². The summed E-state index contributed by atoms with van der Waals surface area (Å²) in [7, 11) is 1.63. The van der Waals surface area contributed by atoms with E-state index in [-0.39, 0.29) is 5.75 Å². The summed E-state index contributed by atoms with van der Waals surface area (Å²) in [5.74, 6) is 1.53. The van der Waals surface area contributed by atoms with Crippen molar-refractivity contribution in [2.45, 2.75) is 4.90 Å². The van der Waals surface area contributed by atoms with Gasteiger partial charge in [-0.25, -0.2) is 0 Å². The van der Waals surface area contributed by atoms with Gasteiger partial charge in [0.2, 0.25) is 0 Å². The Morgan fingerprint density at radius 1 is 1.06 bits per heavy atom. The molecule has 1 atom stereocenters. The summed E-state index contributed by atoms with van der Waals surface area (Å²) in [6, 6.07) is 14.8. The number of para-hydroxylation sites is 3. The topological polar surface area (TPSA) is 38.7 Å². The Morgan fingerprint density at radius 3 is 2.65 bits per heavy atom. The molecule has 2 aromatic carbocycles. The molecule has 0 bridgehead atoms. The molecule has 1 heterocycles. The maximum atomic E-state index is 9.62. The summed E-state index contributed by atoms with van der Waals surface area (Å²) in [5.41, 5.74) is 0. The van der Waals surface area contributed by atoms with Crippen molar-refractivity contribution >= 4 is 24.2 Å². The summed E-state index contributed by atoms with van der Waals surface area (Å²) < 4.78 is 11.5. The van der Waals surface area contributed by atoms with Crippen LogP contribution in [-0.4, -0.2) is 19.3 Å². The van der Waals surface area contributed by atoms with Crippen molar-refractivity contribution in [1.29, 1.82) is 0 Å². The molecular weight excluding hydrogens is 299 g/mol. The molecule has 0 amide bonds. The molecule has 1 N–H and O–H groups in total. The van der Waals surface area contributed by atoms with Gasteiger partial charge in [0.05, 0.1) is 0 Å². The van der Waals surface area contributed by atoms with Crippen molar-refractivity contribution in [2.24, 2.45) is 0 Å². The summed E-state index contributed by atoms with van der Waals surface area (Å²) in [6.07, 6.45) is 0. The normalized spacial score (nSPS) is 17.3. The Balaban J connectivity index is 1.76. The van der Waals surface area contributed by atoms with E-state index in [4.69, 9.17) is 7.45 Å². The van der Waals surface area contributed by atoms with Crippen molar-refractivity contribution in [3.05, 3.63) is 48.5 Å². The minimum absolute atomic E-state index is 0.155. The molecule has 17 heavy (non-hydrogen) atoms. The van der Waals surface area contributed by atoms with E-state index in [0.29, 0.717) is 5.75 Å². The first-order valence-corrected chi connectivity index (χ1v) is 9.64. The predicted octanol–water partition coefficient (Wildman–Crippen LogP) is 2.94. The molecule has 86 valence electrons. The summed E-state index contributed by atoms with van der Waals surface area (Å²) in [5, 5.41) is 9.62. The average Bonchev–Trinajstić information content (AvgIpc) is 2.74. The monoisotopic (exact) mass is 308 g/mol. The third kappa shape index (κ3) is 2.24. The SMILES string of the molecule is Oc1ccccc1O[As]1Oc2ccccc2S1. The molecule has 5 heteroatoms. The van der Waals surface area contributed by atoms with Crippen LogP contribution >= 0.6 is 10.0 Å². The van der Waals surface area contributed by atoms with E-state index in [2.05, 4.69) is 0 Å². The van der Waals surface area contributed by atoms with E-state index in [0.717, 1.165) is 10.6 Å². The molecule has 1 unspecified atom stereocenters. The fourth-order valence-corrected chi connectivity index (χ4v) is 6.81. The van der Waals surface area contributed by atoms with Crippen LogP contribution < -0.4 is 7.45 Å². The van der Waals surface area contributed by atoms with Crippen molar-refractivity contribution in [3.8, 4) is 17.2 Å². The van der Waals surface area contributed by atoms with E-state index in [9.17, 15) is 5.11 Å². The van der Waals surface area contributed by atoms with E-state index in [1.807, 2.05) is 30.3 Å². The average molecular weight is 308 g/mol. The first kappa shape index (κ1) is 10.9. The zero-order chi connectivity index (χ0) is 11.7. The second-order valence-electron chi connectivity index (χ2n) is 3.41. The molecule has 0 saturated carbocycles. The number of phenolic OH excluding ortho intramolecular Hbond substituents is 1. The third-order valence-corrected chi connectivity index (χ3v) is 7.32. The van der Waals surface area contributed by atoms with E-state index >= 15 is 0 Å². The van der Waals surface area contributed by atoms with Crippen molar-refractivity contribution < 1.29 is 12.6 Å². The van der Waals surface area contributed by atoms with Gasteiger partial charge in [0, 0.05) is 0 Å². The summed E-state index contributed by atoms with van der Waals surface area (Å²) in [4.78, 5) is 1.11. The fourth-order valence-electron chi connectivity index (χ4n) is 1.43. The van der Waals surface area contributed by atoms with Gasteiger partial charge in [-0.05, 0) is 0 Å². The quantitative estimate of drug-likeness (QED) is 0.866. The van der Waals surface area contributed by atoms with Crippen LogP contribution in [0, 0.1) is 0 Å². The first-order valence-electron chi connectivity index (χ1n) is 5.04. The maximum absolute atomic E-state index is 9.62. The van der Waals surface area contributed by atoms with Gasteiger partial charge >= 0.3 is 107 Å². The molecule has 0 aromatic heterocycles. The molecular formula is C12H9AsO3S. The molecule has 2 aromatic rings. The van der Waals surface area contributed by atoms with Crippen LogP contribution in [0.4, 0.5) is 0 Å². The van der Waals surface area contributed by atoms with Gasteiger partial charge in [-0.2, -0.15) is 0 Å². The first-order chi connectivity index (χ1) is 8.33. The van der Waals surface area contributed by atoms with Gasteiger partial charge < -0.3 is 0 Å². The Hall–Kier alpha value is -1.25. The van der Waals surface area contributed by atoms with Crippen LogP contribution in [0.25, 0.3) is 0 Å². The fraction of sp³-hybridized carbons (Fsp3) is 0. The standard InChI is InChI=1S/C12H9AsO3S/c14-9-5-1-2-6-10(9)15-13-16-11-7-3-4-8-12(11)17-13/h1-8,14H. The van der Waals surface area contributed by atoms with Crippen molar-refractivity contribution in [2.75, 3.05) is 0 Å². The molecule has 0 radical (unpaired) electrons. The van der Waals surface area contributed by atoms with Crippen molar-refractivity contribution in [3.63, 3.8) is 0 Å². The summed E-state index contributed by atoms with van der Waals surface area (Å²) in [6.45, 7) is 0. The number of rotatable bonds is 2. The van der Waals surface area contributed by atoms with E-state index in [1.54, 1.807) is 28.2 Å². The van der Waals surface area contributed by atoms with E-state index in [1.165, 1.54) is 0 Å². The Bertz CT molecular complexity index is 522. The third-order valence-electron chi connectivity index (χ3n) is 2.23. The molecule has 0 fully saturated rings. The van der Waals surface area contributed by atoms with Crippen LogP contribution in [0.1, 0.15) is 0 Å². The molecule has 1 aliphatic rings. The molecule has 3 rings (SSSR count). The molecule has 3 nitrogen and oxygen atoms in total. The predicted molar refractivity (Wildman–Crippen MR) is 67.4 cm³/mol. The van der Waals surface area contributed by atoms with E-state index < -0.39 is 14.2 Å². The molecule has 0 aliphatic carbocycles. The Labute approximate surface area is 107 Å². The summed E-state index contributed by atoms with van der Waals surface area (Å²) >= 11 is -1.94. The van der Waals surface area contributed by atoms with Crippen LogP contribution in [-0.2, 0) is 0 Å². The van der Waals surface area contributed by atoms with Crippen LogP contribution in [0.3, 0.4) is 0 Å². The molecule has 0 spiro atoms. The Kier molecular flexibility index (Phi) is 2.91. The van der Waals surface area contributed by atoms with Gasteiger partial charge in [0.25, 0.3) is 0 Å². The van der Waals surface area contributed by atoms with Gasteiger partial charge in [0.15, 0.2) is 0 Å². The number of hydrogen-bond donors (Lipinski definition) is 1. The second-order valence-corrected chi connectivity index (χ2v) is 8.44. The second kappa shape index (κ2) is 4.55. The van der Waals surface area contributed by atoms with Crippen LogP contribution in [0.2, 0.25) is 0 Å². The van der Waals surface area contributed by atoms with Gasteiger partial charge in [-0.3, -0.25) is 0 Å². The number of fused-ring (bicyclic) bond motifs is 1. The Morgan fingerprint density at radius 2 is 1.82 bits per heavy atom. The molecule has 0 saturated heterocycles. The van der Waals surface area contributed by atoms with Crippen molar-refractivity contribution in [1.82, 2.24) is 0 Å². The number of benzene rings is 2. The van der Waals surface area contributed by atoms with Gasteiger partial charge in [0.1, 0.15) is 0 Å². The zero-order valence-corrected chi connectivity index (χ0v) is 11.4. The minimum atomic E-state index is -1.94. The number of hydrogen-bond acceptors (Lipinski definition) is 4. The van der Waals surface area contributed by atoms with Crippen LogP contribution in [0.5, 0.6) is 17.2 Å². The number of aromatic hydroxyl groups is 1. The zero-order valence-electron chi connectivity index (χ0n) is 8.74. The number of phenols is 1. The molecule has 1 aliphatic heterocycles. The van der Waals surface area contributed by atoms with Crippen LogP contribution in [0.15, 0.2) is 53.4 Å². The van der Waals surface area contributed by atoms with Gasteiger partial charge in [-0.1, -0.05) is 0 Å².